The molecule has 0 bridgehead atoms. The second-order valence-electron chi connectivity index (χ2n) is 3.51. The zero-order valence-corrected chi connectivity index (χ0v) is 11.7. The van der Waals surface area contributed by atoms with Crippen molar-refractivity contribution in [1.29, 1.82) is 0 Å². The van der Waals surface area contributed by atoms with Crippen LogP contribution < -0.4 is 5.32 Å². The Kier molecular flexibility index (Phi) is 5.45. The standard InChI is InChI=1S/C12H14ClNOS2/c13-12-4-3-11(17-12)8-14-5-7-16-9-10-2-1-6-15-10/h1-4,6,14H,5,7-9H2. The van der Waals surface area contributed by atoms with Gasteiger partial charge in [-0.3, -0.25) is 0 Å². The zero-order chi connectivity index (χ0) is 11.9. The molecule has 17 heavy (non-hydrogen) atoms. The normalized spacial score (nSPS) is 10.9. The van der Waals surface area contributed by atoms with Crippen LogP contribution in [0.25, 0.3) is 0 Å². The molecule has 0 unspecified atom stereocenters. The zero-order valence-electron chi connectivity index (χ0n) is 9.32. The number of nitrogens with one attached hydrogen (secondary N) is 1. The van der Waals surface area contributed by atoms with Crippen LogP contribution in [0.3, 0.4) is 0 Å². The predicted molar refractivity (Wildman–Crippen MR) is 75.9 cm³/mol. The summed E-state index contributed by atoms with van der Waals surface area (Å²) in [6.07, 6.45) is 1.72. The molecule has 0 radical (unpaired) electrons. The average molecular weight is 288 g/mol. The molecule has 2 nitrogen and oxygen atoms in total. The first-order valence-electron chi connectivity index (χ1n) is 5.39. The maximum Gasteiger partial charge on any atom is 0.113 e. The van der Waals surface area contributed by atoms with E-state index in [2.05, 4.69) is 11.4 Å². The van der Waals surface area contributed by atoms with Crippen molar-refractivity contribution in [2.75, 3.05) is 12.3 Å². The number of rotatable bonds is 7. The minimum absolute atomic E-state index is 0.856. The largest absolute Gasteiger partial charge is 0.468 e. The number of thioether (sulfide) groups is 1. The van der Waals surface area contributed by atoms with Gasteiger partial charge in [0.2, 0.25) is 0 Å². The van der Waals surface area contributed by atoms with Gasteiger partial charge in [0.05, 0.1) is 16.4 Å². The molecular weight excluding hydrogens is 274 g/mol. The Bertz CT molecular complexity index is 427. The van der Waals surface area contributed by atoms with Gasteiger partial charge in [-0.1, -0.05) is 11.6 Å². The Hall–Kier alpha value is -0.420. The van der Waals surface area contributed by atoms with Gasteiger partial charge in [0.25, 0.3) is 0 Å². The van der Waals surface area contributed by atoms with E-state index >= 15 is 0 Å². The van der Waals surface area contributed by atoms with Gasteiger partial charge in [0, 0.05) is 23.7 Å². The highest BCUT2D eigenvalue weighted by Gasteiger charge is 1.98. The first-order chi connectivity index (χ1) is 8.34. The molecule has 2 heterocycles. The van der Waals surface area contributed by atoms with E-state index in [0.717, 1.165) is 34.7 Å². The van der Waals surface area contributed by atoms with E-state index in [4.69, 9.17) is 16.0 Å². The van der Waals surface area contributed by atoms with E-state index in [1.807, 2.05) is 30.0 Å². The lowest BCUT2D eigenvalue weighted by Crippen LogP contribution is -2.15. The Morgan fingerprint density at radius 3 is 3.00 bits per heavy atom. The Morgan fingerprint density at radius 2 is 2.29 bits per heavy atom. The van der Waals surface area contributed by atoms with Crippen molar-refractivity contribution in [1.82, 2.24) is 5.32 Å². The maximum absolute atomic E-state index is 5.86. The second-order valence-corrected chi connectivity index (χ2v) is 6.42. The molecule has 2 aromatic heterocycles. The van der Waals surface area contributed by atoms with Gasteiger partial charge >= 0.3 is 0 Å². The summed E-state index contributed by atoms with van der Waals surface area (Å²) in [5.74, 6) is 3.07. The first kappa shape index (κ1) is 13.0. The summed E-state index contributed by atoms with van der Waals surface area (Å²) in [5.41, 5.74) is 0. The fourth-order valence-corrected chi connectivity index (χ4v) is 3.23. The van der Waals surface area contributed by atoms with Crippen molar-refractivity contribution in [3.8, 4) is 0 Å². The molecule has 0 saturated carbocycles. The third-order valence-electron chi connectivity index (χ3n) is 2.18. The molecule has 0 spiro atoms. The fraction of sp³-hybridized carbons (Fsp3) is 0.333. The number of thiophene rings is 1. The fourth-order valence-electron chi connectivity index (χ4n) is 1.37. The lowest BCUT2D eigenvalue weighted by molar-refractivity contribution is 0.530. The highest BCUT2D eigenvalue weighted by atomic mass is 35.5. The smallest absolute Gasteiger partial charge is 0.113 e. The van der Waals surface area contributed by atoms with E-state index < -0.39 is 0 Å². The first-order valence-corrected chi connectivity index (χ1v) is 7.74. The molecular formula is C12H14ClNOS2. The molecule has 0 amide bonds. The third-order valence-corrected chi connectivity index (χ3v) is 4.39. The number of furan rings is 1. The van der Waals surface area contributed by atoms with Crippen LogP contribution in [-0.4, -0.2) is 12.3 Å². The van der Waals surface area contributed by atoms with E-state index in [0.29, 0.717) is 0 Å². The van der Waals surface area contributed by atoms with E-state index in [1.165, 1.54) is 4.88 Å². The number of hydrogen-bond donors (Lipinski definition) is 1. The molecule has 2 rings (SSSR count). The van der Waals surface area contributed by atoms with Crippen LogP contribution in [0.4, 0.5) is 0 Å². The van der Waals surface area contributed by atoms with Crippen molar-refractivity contribution >= 4 is 34.7 Å². The Labute approximate surface area is 114 Å². The van der Waals surface area contributed by atoms with Crippen LogP contribution in [-0.2, 0) is 12.3 Å². The molecule has 0 saturated heterocycles. The molecule has 0 aromatic carbocycles. The summed E-state index contributed by atoms with van der Waals surface area (Å²) < 4.78 is 6.11. The second kappa shape index (κ2) is 7.11. The Morgan fingerprint density at radius 1 is 1.35 bits per heavy atom. The van der Waals surface area contributed by atoms with Crippen molar-refractivity contribution in [3.05, 3.63) is 45.5 Å². The van der Waals surface area contributed by atoms with Crippen LogP contribution in [0, 0.1) is 0 Å². The predicted octanol–water partition coefficient (Wildman–Crippen LogP) is 4.02. The molecule has 0 atom stereocenters. The SMILES string of the molecule is Clc1ccc(CNCCSCc2ccco2)s1. The average Bonchev–Trinajstić information content (AvgIpc) is 2.95. The van der Waals surface area contributed by atoms with Crippen molar-refractivity contribution in [2.24, 2.45) is 0 Å². The summed E-state index contributed by atoms with van der Waals surface area (Å²) in [5, 5.41) is 3.40. The van der Waals surface area contributed by atoms with Gasteiger partial charge in [0.15, 0.2) is 0 Å². The van der Waals surface area contributed by atoms with Gasteiger partial charge in [0.1, 0.15) is 5.76 Å². The van der Waals surface area contributed by atoms with E-state index in [9.17, 15) is 0 Å². The third kappa shape index (κ3) is 4.76. The highest BCUT2D eigenvalue weighted by Crippen LogP contribution is 2.21. The van der Waals surface area contributed by atoms with Crippen LogP contribution >= 0.6 is 34.7 Å². The molecule has 0 aliphatic rings. The molecule has 2 aromatic rings. The Balaban J connectivity index is 1.52. The van der Waals surface area contributed by atoms with Crippen molar-refractivity contribution < 1.29 is 4.42 Å². The summed E-state index contributed by atoms with van der Waals surface area (Å²) >= 11 is 9.36. The van der Waals surface area contributed by atoms with Crippen LogP contribution in [0.2, 0.25) is 4.34 Å². The van der Waals surface area contributed by atoms with E-state index in [1.54, 1.807) is 17.6 Å². The number of hydrogen-bond acceptors (Lipinski definition) is 4. The quantitative estimate of drug-likeness (QED) is 0.779. The molecule has 92 valence electrons. The minimum atomic E-state index is 0.856. The molecule has 5 heteroatoms. The molecule has 0 fully saturated rings. The van der Waals surface area contributed by atoms with Gasteiger partial charge in [-0.05, 0) is 24.3 Å². The van der Waals surface area contributed by atoms with Gasteiger partial charge in [-0.15, -0.1) is 11.3 Å². The monoisotopic (exact) mass is 287 g/mol. The summed E-state index contributed by atoms with van der Waals surface area (Å²) in [7, 11) is 0. The van der Waals surface area contributed by atoms with E-state index in [-0.39, 0.29) is 0 Å². The van der Waals surface area contributed by atoms with Gasteiger partial charge in [-0.2, -0.15) is 11.8 Å². The summed E-state index contributed by atoms with van der Waals surface area (Å²) in [6, 6.07) is 7.94. The van der Waals surface area contributed by atoms with Crippen LogP contribution in [0.15, 0.2) is 34.9 Å². The van der Waals surface area contributed by atoms with Gasteiger partial charge in [-0.25, -0.2) is 0 Å². The molecule has 0 aliphatic heterocycles. The highest BCUT2D eigenvalue weighted by molar-refractivity contribution is 7.98. The molecule has 1 N–H and O–H groups in total. The lowest BCUT2D eigenvalue weighted by atomic mass is 10.4. The van der Waals surface area contributed by atoms with Crippen LogP contribution in [0.1, 0.15) is 10.6 Å². The van der Waals surface area contributed by atoms with Crippen LogP contribution in [0.5, 0.6) is 0 Å². The van der Waals surface area contributed by atoms with Gasteiger partial charge < -0.3 is 9.73 Å². The van der Waals surface area contributed by atoms with Crippen molar-refractivity contribution in [3.63, 3.8) is 0 Å². The topological polar surface area (TPSA) is 25.2 Å². The number of halogens is 1. The molecule has 0 aliphatic carbocycles. The van der Waals surface area contributed by atoms with Crippen molar-refractivity contribution in [2.45, 2.75) is 12.3 Å². The lowest BCUT2D eigenvalue weighted by Gasteiger charge is -2.02. The summed E-state index contributed by atoms with van der Waals surface area (Å²) in [4.78, 5) is 1.28. The minimum Gasteiger partial charge on any atom is -0.468 e. The maximum atomic E-state index is 5.86. The summed E-state index contributed by atoms with van der Waals surface area (Å²) in [6.45, 7) is 1.90.